The zero-order chi connectivity index (χ0) is 31.7. The molecule has 4 amide bonds. The lowest BCUT2D eigenvalue weighted by atomic mass is 10.00. The fraction of sp³-hybridized carbons (Fsp3) is 0.387. The largest absolute Gasteiger partial charge is 0.349 e. The van der Waals surface area contributed by atoms with Crippen LogP contribution in [0.15, 0.2) is 54.7 Å². The van der Waals surface area contributed by atoms with E-state index in [-0.39, 0.29) is 49.5 Å². The fourth-order valence-electron chi connectivity index (χ4n) is 5.74. The molecule has 4 bridgehead atoms. The summed E-state index contributed by atoms with van der Waals surface area (Å²) in [5, 5.41) is 24.3. The summed E-state index contributed by atoms with van der Waals surface area (Å²) in [6.45, 7) is 5.93. The lowest BCUT2D eigenvalue weighted by molar-refractivity contribution is -0.134. The summed E-state index contributed by atoms with van der Waals surface area (Å²) in [5.41, 5.74) is 2.28. The van der Waals surface area contributed by atoms with E-state index in [9.17, 15) is 19.2 Å². The second-order valence-corrected chi connectivity index (χ2v) is 13.1. The molecule has 234 valence electrons. The van der Waals surface area contributed by atoms with E-state index < -0.39 is 35.8 Å². The van der Waals surface area contributed by atoms with Crippen molar-refractivity contribution in [2.24, 2.45) is 5.92 Å². The van der Waals surface area contributed by atoms with Gasteiger partial charge < -0.3 is 20.9 Å². The van der Waals surface area contributed by atoms with Gasteiger partial charge in [-0.3, -0.25) is 24.3 Å². The third kappa shape index (κ3) is 6.50. The summed E-state index contributed by atoms with van der Waals surface area (Å²) in [6.07, 6.45) is 2.23. The van der Waals surface area contributed by atoms with Gasteiger partial charge in [-0.2, -0.15) is 5.10 Å². The van der Waals surface area contributed by atoms with Gasteiger partial charge in [-0.05, 0) is 36.6 Å². The van der Waals surface area contributed by atoms with Gasteiger partial charge in [0.05, 0.1) is 29.4 Å². The Morgan fingerprint density at radius 3 is 2.58 bits per heavy atom. The quantitative estimate of drug-likeness (QED) is 0.262. The summed E-state index contributed by atoms with van der Waals surface area (Å²) < 4.78 is 1.63. The van der Waals surface area contributed by atoms with Crippen LogP contribution in [0.3, 0.4) is 0 Å². The number of H-pyrrole nitrogens is 1. The molecule has 2 aliphatic rings. The van der Waals surface area contributed by atoms with Gasteiger partial charge in [0.15, 0.2) is 5.69 Å². The smallest absolute Gasteiger partial charge is 0.275 e. The van der Waals surface area contributed by atoms with E-state index in [0.29, 0.717) is 11.4 Å². The molecule has 4 N–H and O–H groups in total. The number of benzene rings is 1. The van der Waals surface area contributed by atoms with Crippen molar-refractivity contribution < 1.29 is 19.2 Å². The van der Waals surface area contributed by atoms with Crippen LogP contribution in [-0.4, -0.2) is 78.4 Å². The van der Waals surface area contributed by atoms with Crippen molar-refractivity contribution in [1.82, 2.24) is 46.0 Å². The molecule has 3 aromatic heterocycles. The maximum atomic E-state index is 13.9. The van der Waals surface area contributed by atoms with E-state index in [1.807, 2.05) is 63.2 Å². The van der Waals surface area contributed by atoms with Crippen LogP contribution in [0, 0.1) is 12.8 Å². The number of hydrogen-bond acceptors (Lipinski definition) is 8. The molecular weight excluding hydrogens is 594 g/mol. The maximum absolute atomic E-state index is 13.9. The lowest BCUT2D eigenvalue weighted by Gasteiger charge is -2.28. The summed E-state index contributed by atoms with van der Waals surface area (Å²) in [4.78, 5) is 58.3. The van der Waals surface area contributed by atoms with Gasteiger partial charge in [0, 0.05) is 24.3 Å². The number of nitrogens with one attached hydrogen (secondary N) is 4. The molecule has 0 saturated carbocycles. The summed E-state index contributed by atoms with van der Waals surface area (Å²) in [7, 11) is 0. The normalized spacial score (nSPS) is 22.4. The molecule has 14 heteroatoms. The second kappa shape index (κ2) is 12.6. The molecule has 13 nitrogen and oxygen atoms in total. The monoisotopic (exact) mass is 629 g/mol. The van der Waals surface area contributed by atoms with Crippen LogP contribution in [0.25, 0.3) is 10.6 Å². The van der Waals surface area contributed by atoms with Crippen LogP contribution in [0.4, 0.5) is 0 Å². The Labute approximate surface area is 263 Å². The van der Waals surface area contributed by atoms with Crippen LogP contribution in [0.1, 0.15) is 52.9 Å². The minimum absolute atomic E-state index is 0.0990. The molecule has 2 aliphatic heterocycles. The van der Waals surface area contributed by atoms with Crippen molar-refractivity contribution in [3.63, 3.8) is 0 Å². The minimum Gasteiger partial charge on any atom is -0.349 e. The molecule has 0 unspecified atom stereocenters. The van der Waals surface area contributed by atoms with Gasteiger partial charge in [-0.1, -0.05) is 49.4 Å². The van der Waals surface area contributed by atoms with Crippen LogP contribution in [0.5, 0.6) is 0 Å². The molecule has 4 atom stereocenters. The molecule has 45 heavy (non-hydrogen) atoms. The van der Waals surface area contributed by atoms with Gasteiger partial charge in [0.25, 0.3) is 5.91 Å². The van der Waals surface area contributed by atoms with Crippen molar-refractivity contribution in [3.05, 3.63) is 76.6 Å². The van der Waals surface area contributed by atoms with E-state index in [2.05, 4.69) is 36.5 Å². The minimum atomic E-state index is -0.943. The Bertz CT molecular complexity index is 1710. The number of aryl methyl sites for hydroxylation is 1. The van der Waals surface area contributed by atoms with Crippen molar-refractivity contribution in [2.75, 3.05) is 6.54 Å². The van der Waals surface area contributed by atoms with Gasteiger partial charge in [0.1, 0.15) is 23.8 Å². The van der Waals surface area contributed by atoms with Crippen molar-refractivity contribution in [1.29, 1.82) is 0 Å². The molecule has 1 aromatic carbocycles. The third-order valence-corrected chi connectivity index (χ3v) is 9.22. The Morgan fingerprint density at radius 1 is 1.04 bits per heavy atom. The maximum Gasteiger partial charge on any atom is 0.275 e. The first-order valence-corrected chi connectivity index (χ1v) is 15.7. The molecule has 0 spiro atoms. The predicted molar refractivity (Wildman–Crippen MR) is 166 cm³/mol. The topological polar surface area (TPSA) is 167 Å². The highest BCUT2D eigenvalue weighted by Crippen LogP contribution is 2.31. The van der Waals surface area contributed by atoms with Gasteiger partial charge in [-0.15, -0.1) is 16.4 Å². The first-order valence-electron chi connectivity index (χ1n) is 14.9. The highest BCUT2D eigenvalue weighted by atomic mass is 32.1. The molecule has 6 rings (SSSR count). The van der Waals surface area contributed by atoms with E-state index in [0.717, 1.165) is 15.3 Å². The number of rotatable bonds is 5. The highest BCUT2D eigenvalue weighted by molar-refractivity contribution is 7.15. The van der Waals surface area contributed by atoms with Crippen LogP contribution >= 0.6 is 11.3 Å². The van der Waals surface area contributed by atoms with Gasteiger partial charge in [0.2, 0.25) is 17.7 Å². The number of amides is 4. The predicted octanol–water partition coefficient (Wildman–Crippen LogP) is 1.99. The lowest BCUT2D eigenvalue weighted by Crippen LogP contribution is -2.58. The van der Waals surface area contributed by atoms with E-state index in [4.69, 9.17) is 0 Å². The van der Waals surface area contributed by atoms with Crippen molar-refractivity contribution in [2.45, 2.75) is 64.3 Å². The van der Waals surface area contributed by atoms with Crippen LogP contribution in [0.2, 0.25) is 0 Å². The standard InChI is InChI=1S/C31H35N9O4S/c1-17(2)27-30(43)33-23(11-19-7-5-4-6-8-19)28(41)32-14-20-15-40(38-35-20)21-12-25(29(42)34-27)39(16-21)31(44)24-13-22(36-37-24)26-10-9-18(3)45-26/h4-10,13,15,17,21,23,25,27H,11-12,14,16H2,1-3H3,(H,32,41)(H,33,43)(H,34,42)(H,36,37)/t21-,23+,25-,27-/m0/s1. The molecule has 5 heterocycles. The van der Waals surface area contributed by atoms with Gasteiger partial charge >= 0.3 is 0 Å². The third-order valence-electron chi connectivity index (χ3n) is 8.18. The number of hydrogen-bond donors (Lipinski definition) is 4. The Balaban J connectivity index is 1.30. The van der Waals surface area contributed by atoms with Crippen molar-refractivity contribution in [3.8, 4) is 10.6 Å². The summed E-state index contributed by atoms with van der Waals surface area (Å²) >= 11 is 1.58. The summed E-state index contributed by atoms with van der Waals surface area (Å²) in [5.74, 6) is -2.03. The van der Waals surface area contributed by atoms with Crippen LogP contribution < -0.4 is 16.0 Å². The molecule has 1 saturated heterocycles. The first-order chi connectivity index (χ1) is 21.7. The Kier molecular flexibility index (Phi) is 8.48. The average Bonchev–Trinajstić information content (AvgIpc) is 3.84. The van der Waals surface area contributed by atoms with E-state index in [1.165, 1.54) is 4.90 Å². The Hall–Kier alpha value is -4.85. The zero-order valence-corrected chi connectivity index (χ0v) is 26.0. The molecule has 1 fully saturated rings. The van der Waals surface area contributed by atoms with E-state index in [1.54, 1.807) is 28.3 Å². The Morgan fingerprint density at radius 2 is 1.84 bits per heavy atom. The number of aromatic amines is 1. The molecule has 0 radical (unpaired) electrons. The SMILES string of the molecule is Cc1ccc(-c2cc(C(=O)N3C[C@@H]4C[C@H]3C(=O)N[C@@H](C(C)C)C(=O)N[C@H](Cc3ccccc3)C(=O)NCc3cn4nn3)n[nH]2)s1. The number of carbonyl (C=O) groups is 4. The first kappa shape index (κ1) is 30.2. The average molecular weight is 630 g/mol. The summed E-state index contributed by atoms with van der Waals surface area (Å²) in [6, 6.07) is 11.9. The number of carbonyl (C=O) groups excluding carboxylic acids is 4. The highest BCUT2D eigenvalue weighted by Gasteiger charge is 2.43. The number of likely N-dealkylation sites (tertiary alicyclic amines) is 1. The molecular formula is C31H35N9O4S. The number of fused-ring (bicyclic) bond motifs is 5. The fourth-order valence-corrected chi connectivity index (χ4v) is 6.57. The second-order valence-electron chi connectivity index (χ2n) is 11.8. The number of nitrogens with zero attached hydrogens (tertiary/aromatic N) is 5. The van der Waals surface area contributed by atoms with Crippen molar-refractivity contribution >= 4 is 35.0 Å². The van der Waals surface area contributed by atoms with E-state index >= 15 is 0 Å². The number of thiophene rings is 1. The molecule has 4 aromatic rings. The zero-order valence-electron chi connectivity index (χ0n) is 25.2. The van der Waals surface area contributed by atoms with Crippen LogP contribution in [-0.2, 0) is 27.3 Å². The number of aromatic nitrogens is 5. The van der Waals surface area contributed by atoms with Gasteiger partial charge in [-0.25, -0.2) is 4.68 Å². The molecule has 0 aliphatic carbocycles.